The minimum atomic E-state index is -0.0271. The maximum atomic E-state index is 11.3. The van der Waals surface area contributed by atoms with E-state index in [4.69, 9.17) is 14.2 Å². The van der Waals surface area contributed by atoms with Crippen LogP contribution in [0, 0.1) is 0 Å². The van der Waals surface area contributed by atoms with E-state index in [2.05, 4.69) is 0 Å². The lowest BCUT2D eigenvalue weighted by molar-refractivity contribution is 0.101. The van der Waals surface area contributed by atoms with Gasteiger partial charge in [0.15, 0.2) is 17.3 Å². The number of ketones is 1. The van der Waals surface area contributed by atoms with Crippen LogP contribution < -0.4 is 9.47 Å². The Hall–Kier alpha value is -1.55. The summed E-state index contributed by atoms with van der Waals surface area (Å²) in [5.74, 6) is 1.14. The second-order valence-electron chi connectivity index (χ2n) is 3.33. The molecule has 1 heterocycles. The van der Waals surface area contributed by atoms with Gasteiger partial charge in [0.05, 0.1) is 12.2 Å². The second kappa shape index (κ2) is 3.90. The van der Waals surface area contributed by atoms with Crippen LogP contribution in [-0.4, -0.2) is 19.7 Å². The molecule has 15 heavy (non-hydrogen) atoms. The van der Waals surface area contributed by atoms with Crippen LogP contribution in [-0.2, 0) is 11.3 Å². The SMILES string of the molecule is COCc1ccc(C(C)=O)c2c1OCO2. The van der Waals surface area contributed by atoms with E-state index < -0.39 is 0 Å². The first-order valence-electron chi connectivity index (χ1n) is 4.65. The van der Waals surface area contributed by atoms with Gasteiger partial charge in [0.25, 0.3) is 0 Å². The number of hydrogen-bond acceptors (Lipinski definition) is 4. The predicted molar refractivity (Wildman–Crippen MR) is 53.3 cm³/mol. The van der Waals surface area contributed by atoms with Crippen molar-refractivity contribution in [2.24, 2.45) is 0 Å². The lowest BCUT2D eigenvalue weighted by atomic mass is 10.1. The van der Waals surface area contributed by atoms with Crippen molar-refractivity contribution in [1.82, 2.24) is 0 Å². The topological polar surface area (TPSA) is 44.8 Å². The van der Waals surface area contributed by atoms with Crippen molar-refractivity contribution in [2.75, 3.05) is 13.9 Å². The van der Waals surface area contributed by atoms with E-state index in [0.717, 1.165) is 5.56 Å². The molecule has 0 spiro atoms. The summed E-state index contributed by atoms with van der Waals surface area (Å²) in [4.78, 5) is 11.3. The van der Waals surface area contributed by atoms with Gasteiger partial charge in [-0.15, -0.1) is 0 Å². The summed E-state index contributed by atoms with van der Waals surface area (Å²) in [5, 5.41) is 0. The molecule has 0 aromatic heterocycles. The number of Topliss-reactive ketones (excluding diaryl/α,β-unsaturated/α-hetero) is 1. The molecule has 0 saturated carbocycles. The lowest BCUT2D eigenvalue weighted by Gasteiger charge is -2.07. The maximum Gasteiger partial charge on any atom is 0.231 e. The van der Waals surface area contributed by atoms with Gasteiger partial charge in [-0.25, -0.2) is 0 Å². The highest BCUT2D eigenvalue weighted by Gasteiger charge is 2.23. The van der Waals surface area contributed by atoms with Gasteiger partial charge in [0, 0.05) is 12.7 Å². The van der Waals surface area contributed by atoms with E-state index in [1.807, 2.05) is 6.07 Å². The number of ether oxygens (including phenoxy) is 3. The Morgan fingerprint density at radius 1 is 1.40 bits per heavy atom. The molecule has 0 amide bonds. The van der Waals surface area contributed by atoms with Gasteiger partial charge in [0.1, 0.15) is 0 Å². The molecule has 0 atom stereocenters. The Morgan fingerprint density at radius 2 is 2.13 bits per heavy atom. The summed E-state index contributed by atoms with van der Waals surface area (Å²) in [6, 6.07) is 3.57. The van der Waals surface area contributed by atoms with Crippen molar-refractivity contribution in [3.8, 4) is 11.5 Å². The Kier molecular flexibility index (Phi) is 2.60. The molecule has 0 N–H and O–H groups in total. The van der Waals surface area contributed by atoms with Gasteiger partial charge < -0.3 is 14.2 Å². The second-order valence-corrected chi connectivity index (χ2v) is 3.33. The third-order valence-corrected chi connectivity index (χ3v) is 2.28. The van der Waals surface area contributed by atoms with Crippen LogP contribution in [0.25, 0.3) is 0 Å². The summed E-state index contributed by atoms with van der Waals surface area (Å²) < 4.78 is 15.6. The smallest absolute Gasteiger partial charge is 0.231 e. The zero-order valence-corrected chi connectivity index (χ0v) is 8.70. The zero-order chi connectivity index (χ0) is 10.8. The molecule has 2 rings (SSSR count). The van der Waals surface area contributed by atoms with E-state index in [9.17, 15) is 4.79 Å². The van der Waals surface area contributed by atoms with Crippen LogP contribution in [0.3, 0.4) is 0 Å². The number of carbonyl (C=O) groups excluding carboxylic acids is 1. The fourth-order valence-electron chi connectivity index (χ4n) is 1.60. The number of carbonyl (C=O) groups is 1. The Morgan fingerprint density at radius 3 is 2.80 bits per heavy atom. The highest BCUT2D eigenvalue weighted by atomic mass is 16.7. The molecule has 4 heteroatoms. The molecule has 0 fully saturated rings. The molecular weight excluding hydrogens is 196 g/mol. The van der Waals surface area contributed by atoms with Crippen molar-refractivity contribution >= 4 is 5.78 Å². The molecule has 0 aliphatic carbocycles. The summed E-state index contributed by atoms with van der Waals surface area (Å²) in [5.41, 5.74) is 1.46. The summed E-state index contributed by atoms with van der Waals surface area (Å²) in [6.07, 6.45) is 0. The van der Waals surface area contributed by atoms with E-state index in [0.29, 0.717) is 23.7 Å². The van der Waals surface area contributed by atoms with Crippen molar-refractivity contribution in [3.05, 3.63) is 23.3 Å². The minimum Gasteiger partial charge on any atom is -0.453 e. The van der Waals surface area contributed by atoms with E-state index in [1.54, 1.807) is 13.2 Å². The van der Waals surface area contributed by atoms with Gasteiger partial charge >= 0.3 is 0 Å². The highest BCUT2D eigenvalue weighted by Crippen LogP contribution is 2.39. The van der Waals surface area contributed by atoms with Gasteiger partial charge in [-0.2, -0.15) is 0 Å². The molecule has 1 aliphatic rings. The average molecular weight is 208 g/mol. The Balaban J connectivity index is 2.48. The number of fused-ring (bicyclic) bond motifs is 1. The first-order chi connectivity index (χ1) is 7.24. The van der Waals surface area contributed by atoms with E-state index in [1.165, 1.54) is 6.92 Å². The highest BCUT2D eigenvalue weighted by molar-refractivity contribution is 5.98. The standard InChI is InChI=1S/C11H12O4/c1-7(12)9-4-3-8(5-13-2)10-11(9)15-6-14-10/h3-4H,5-6H2,1-2H3. The molecule has 4 nitrogen and oxygen atoms in total. The predicted octanol–water partition coefficient (Wildman–Crippen LogP) is 1.76. The largest absolute Gasteiger partial charge is 0.453 e. The lowest BCUT2D eigenvalue weighted by Crippen LogP contribution is -1.97. The van der Waals surface area contributed by atoms with Gasteiger partial charge in [-0.05, 0) is 13.0 Å². The third-order valence-electron chi connectivity index (χ3n) is 2.28. The molecule has 1 aliphatic heterocycles. The van der Waals surface area contributed by atoms with Crippen molar-refractivity contribution < 1.29 is 19.0 Å². The van der Waals surface area contributed by atoms with Crippen LogP contribution >= 0.6 is 0 Å². The van der Waals surface area contributed by atoms with Crippen LogP contribution in [0.2, 0.25) is 0 Å². The first-order valence-corrected chi connectivity index (χ1v) is 4.65. The summed E-state index contributed by atoms with van der Waals surface area (Å²) >= 11 is 0. The molecule has 1 aromatic rings. The fraction of sp³-hybridized carbons (Fsp3) is 0.364. The number of benzene rings is 1. The van der Waals surface area contributed by atoms with Crippen LogP contribution in [0.15, 0.2) is 12.1 Å². The fourth-order valence-corrected chi connectivity index (χ4v) is 1.60. The van der Waals surface area contributed by atoms with Crippen LogP contribution in [0.4, 0.5) is 0 Å². The molecule has 1 aromatic carbocycles. The number of methoxy groups -OCH3 is 1. The summed E-state index contributed by atoms with van der Waals surface area (Å²) in [6.45, 7) is 2.12. The number of hydrogen-bond donors (Lipinski definition) is 0. The quantitative estimate of drug-likeness (QED) is 0.710. The summed E-state index contributed by atoms with van der Waals surface area (Å²) in [7, 11) is 1.61. The third kappa shape index (κ3) is 1.68. The van der Waals surface area contributed by atoms with Crippen LogP contribution in [0.1, 0.15) is 22.8 Å². The van der Waals surface area contributed by atoms with Gasteiger partial charge in [-0.3, -0.25) is 4.79 Å². The zero-order valence-electron chi connectivity index (χ0n) is 8.70. The molecule has 0 unspecified atom stereocenters. The molecule has 0 bridgehead atoms. The maximum absolute atomic E-state index is 11.3. The Labute approximate surface area is 87.8 Å². The van der Waals surface area contributed by atoms with Crippen molar-refractivity contribution in [1.29, 1.82) is 0 Å². The van der Waals surface area contributed by atoms with Gasteiger partial charge in [0.2, 0.25) is 6.79 Å². The van der Waals surface area contributed by atoms with Crippen molar-refractivity contribution in [3.63, 3.8) is 0 Å². The van der Waals surface area contributed by atoms with E-state index >= 15 is 0 Å². The van der Waals surface area contributed by atoms with Crippen LogP contribution in [0.5, 0.6) is 11.5 Å². The molecule has 0 radical (unpaired) electrons. The first kappa shape index (κ1) is 9.98. The molecular formula is C11H12O4. The average Bonchev–Trinajstić information content (AvgIpc) is 2.66. The minimum absolute atomic E-state index is 0.0271. The monoisotopic (exact) mass is 208 g/mol. The van der Waals surface area contributed by atoms with Gasteiger partial charge in [-0.1, -0.05) is 6.07 Å². The molecule has 80 valence electrons. The van der Waals surface area contributed by atoms with Crippen molar-refractivity contribution in [2.45, 2.75) is 13.5 Å². The normalized spacial score (nSPS) is 12.9. The Bertz CT molecular complexity index is 398. The van der Waals surface area contributed by atoms with E-state index in [-0.39, 0.29) is 12.6 Å². The number of rotatable bonds is 3. The molecule has 0 saturated heterocycles.